The third-order valence-corrected chi connectivity index (χ3v) is 3.27. The first-order valence-electron chi connectivity index (χ1n) is 5.52. The lowest BCUT2D eigenvalue weighted by molar-refractivity contribution is -0.120. The molecule has 0 spiro atoms. The van der Waals surface area contributed by atoms with Gasteiger partial charge in [-0.2, -0.15) is 0 Å². The molecule has 1 rings (SSSR count). The Kier molecular flexibility index (Phi) is 5.22. The van der Waals surface area contributed by atoms with E-state index in [0.29, 0.717) is 0 Å². The number of carbonyl (C=O) groups is 1. The van der Waals surface area contributed by atoms with Gasteiger partial charge in [0.05, 0.1) is 16.1 Å². The highest BCUT2D eigenvalue weighted by Gasteiger charge is 2.22. The number of amides is 1. The maximum atomic E-state index is 13.5. The van der Waals surface area contributed by atoms with Gasteiger partial charge in [-0.05, 0) is 27.9 Å². The van der Waals surface area contributed by atoms with Gasteiger partial charge in [0.15, 0.2) is 0 Å². The van der Waals surface area contributed by atoms with Crippen molar-refractivity contribution in [2.75, 3.05) is 11.9 Å². The molecular formula is C12H15BrF2N2O. The Labute approximate surface area is 113 Å². The number of nitrogens with one attached hydrogen (secondary N) is 1. The Bertz CT molecular complexity index is 452. The minimum absolute atomic E-state index is 0.0113. The van der Waals surface area contributed by atoms with E-state index in [2.05, 4.69) is 21.2 Å². The molecule has 0 saturated heterocycles. The van der Waals surface area contributed by atoms with Crippen LogP contribution in [0.5, 0.6) is 0 Å². The lowest BCUT2D eigenvalue weighted by Gasteiger charge is -2.18. The van der Waals surface area contributed by atoms with Gasteiger partial charge in [0.25, 0.3) is 0 Å². The van der Waals surface area contributed by atoms with Crippen molar-refractivity contribution >= 4 is 27.5 Å². The monoisotopic (exact) mass is 320 g/mol. The number of carbonyl (C=O) groups excluding carboxylic acids is 1. The van der Waals surface area contributed by atoms with Crippen molar-refractivity contribution in [3.05, 3.63) is 28.2 Å². The highest BCUT2D eigenvalue weighted by atomic mass is 79.9. The second-order valence-electron chi connectivity index (χ2n) is 4.32. The SMILES string of the molecule is CC(C)C(CN)C(=O)Nc1cc(F)c(Br)cc1F. The second kappa shape index (κ2) is 6.24. The molecule has 0 fully saturated rings. The van der Waals surface area contributed by atoms with Crippen LogP contribution in [0.2, 0.25) is 0 Å². The maximum Gasteiger partial charge on any atom is 0.229 e. The van der Waals surface area contributed by atoms with E-state index in [1.54, 1.807) is 0 Å². The second-order valence-corrected chi connectivity index (χ2v) is 5.18. The standard InChI is InChI=1S/C12H15BrF2N2O/c1-6(2)7(5-16)12(18)17-11-4-9(14)8(13)3-10(11)15/h3-4,6-7H,5,16H2,1-2H3,(H,17,18). The Morgan fingerprint density at radius 3 is 2.50 bits per heavy atom. The number of hydrogen-bond donors (Lipinski definition) is 2. The van der Waals surface area contributed by atoms with Crippen LogP contribution in [-0.4, -0.2) is 12.5 Å². The summed E-state index contributed by atoms with van der Waals surface area (Å²) in [5.74, 6) is -2.15. The largest absolute Gasteiger partial charge is 0.330 e. The summed E-state index contributed by atoms with van der Waals surface area (Å²) in [5, 5.41) is 2.36. The van der Waals surface area contributed by atoms with E-state index in [9.17, 15) is 13.6 Å². The van der Waals surface area contributed by atoms with Crippen molar-refractivity contribution in [3.63, 3.8) is 0 Å². The van der Waals surface area contributed by atoms with E-state index >= 15 is 0 Å². The van der Waals surface area contributed by atoms with Crippen molar-refractivity contribution in [2.24, 2.45) is 17.6 Å². The molecule has 0 aliphatic heterocycles. The van der Waals surface area contributed by atoms with Gasteiger partial charge < -0.3 is 11.1 Å². The van der Waals surface area contributed by atoms with Crippen molar-refractivity contribution < 1.29 is 13.6 Å². The van der Waals surface area contributed by atoms with Gasteiger partial charge in [-0.3, -0.25) is 4.79 Å². The van der Waals surface area contributed by atoms with Crippen LogP contribution in [0.3, 0.4) is 0 Å². The third kappa shape index (κ3) is 3.49. The van der Waals surface area contributed by atoms with Gasteiger partial charge in [0.2, 0.25) is 5.91 Å². The van der Waals surface area contributed by atoms with Crippen LogP contribution in [0, 0.1) is 23.5 Å². The molecule has 1 aromatic carbocycles. The summed E-state index contributed by atoms with van der Waals surface area (Å²) >= 11 is 2.86. The minimum atomic E-state index is -0.698. The zero-order valence-electron chi connectivity index (χ0n) is 10.1. The number of halogens is 3. The first-order chi connectivity index (χ1) is 8.36. The van der Waals surface area contributed by atoms with Crippen molar-refractivity contribution in [2.45, 2.75) is 13.8 Å². The van der Waals surface area contributed by atoms with E-state index in [0.717, 1.165) is 12.1 Å². The Morgan fingerprint density at radius 1 is 1.39 bits per heavy atom. The molecule has 1 aromatic rings. The fourth-order valence-corrected chi connectivity index (χ4v) is 1.84. The van der Waals surface area contributed by atoms with Crippen LogP contribution in [0.1, 0.15) is 13.8 Å². The van der Waals surface area contributed by atoms with Crippen LogP contribution in [0.15, 0.2) is 16.6 Å². The van der Waals surface area contributed by atoms with Gasteiger partial charge in [-0.15, -0.1) is 0 Å². The lowest BCUT2D eigenvalue weighted by Crippen LogP contribution is -2.33. The average molecular weight is 321 g/mol. The summed E-state index contributed by atoms with van der Waals surface area (Å²) < 4.78 is 26.8. The molecule has 1 atom stereocenters. The molecule has 0 aliphatic rings. The molecular weight excluding hydrogens is 306 g/mol. The van der Waals surface area contributed by atoms with Crippen LogP contribution in [-0.2, 0) is 4.79 Å². The molecule has 18 heavy (non-hydrogen) atoms. The number of hydrogen-bond acceptors (Lipinski definition) is 2. The maximum absolute atomic E-state index is 13.5. The molecule has 1 amide bonds. The molecule has 0 radical (unpaired) electrons. The number of benzene rings is 1. The lowest BCUT2D eigenvalue weighted by atomic mass is 9.95. The summed E-state index contributed by atoms with van der Waals surface area (Å²) in [5.41, 5.74) is 5.30. The Balaban J connectivity index is 2.91. The van der Waals surface area contributed by atoms with E-state index < -0.39 is 23.5 Å². The zero-order chi connectivity index (χ0) is 13.9. The van der Waals surface area contributed by atoms with Crippen LogP contribution < -0.4 is 11.1 Å². The van der Waals surface area contributed by atoms with Crippen LogP contribution >= 0.6 is 15.9 Å². The molecule has 0 aliphatic carbocycles. The molecule has 6 heteroatoms. The highest BCUT2D eigenvalue weighted by Crippen LogP contribution is 2.24. The Hall–Kier alpha value is -1.01. The van der Waals surface area contributed by atoms with E-state index in [1.165, 1.54) is 0 Å². The van der Waals surface area contributed by atoms with Crippen molar-refractivity contribution in [1.82, 2.24) is 0 Å². The van der Waals surface area contributed by atoms with E-state index in [-0.39, 0.29) is 22.6 Å². The molecule has 0 heterocycles. The summed E-state index contributed by atoms with van der Waals surface area (Å²) in [7, 11) is 0. The number of nitrogens with two attached hydrogens (primary N) is 1. The first kappa shape index (κ1) is 15.0. The molecule has 3 N–H and O–H groups in total. The normalized spacial score (nSPS) is 12.6. The summed E-state index contributed by atoms with van der Waals surface area (Å²) in [6.07, 6.45) is 0. The number of rotatable bonds is 4. The Morgan fingerprint density at radius 2 is 2.00 bits per heavy atom. The van der Waals surface area contributed by atoms with Crippen molar-refractivity contribution in [3.8, 4) is 0 Å². The predicted molar refractivity (Wildman–Crippen MR) is 70.1 cm³/mol. The molecule has 3 nitrogen and oxygen atoms in total. The molecule has 0 aromatic heterocycles. The first-order valence-corrected chi connectivity index (χ1v) is 6.31. The summed E-state index contributed by atoms with van der Waals surface area (Å²) in [6.45, 7) is 3.84. The van der Waals surface area contributed by atoms with Gasteiger partial charge >= 0.3 is 0 Å². The highest BCUT2D eigenvalue weighted by molar-refractivity contribution is 9.10. The van der Waals surface area contributed by atoms with Gasteiger partial charge in [-0.1, -0.05) is 13.8 Å². The minimum Gasteiger partial charge on any atom is -0.330 e. The van der Waals surface area contributed by atoms with Crippen molar-refractivity contribution in [1.29, 1.82) is 0 Å². The fraction of sp³-hybridized carbons (Fsp3) is 0.417. The molecule has 0 saturated carbocycles. The zero-order valence-corrected chi connectivity index (χ0v) is 11.7. The summed E-state index contributed by atoms with van der Waals surface area (Å²) in [4.78, 5) is 11.8. The third-order valence-electron chi connectivity index (χ3n) is 2.66. The van der Waals surface area contributed by atoms with Gasteiger partial charge in [0, 0.05) is 12.6 Å². The van der Waals surface area contributed by atoms with Crippen LogP contribution in [0.25, 0.3) is 0 Å². The fourth-order valence-electron chi connectivity index (χ4n) is 1.53. The quantitative estimate of drug-likeness (QED) is 0.838. The smallest absolute Gasteiger partial charge is 0.229 e. The molecule has 1 unspecified atom stereocenters. The molecule has 100 valence electrons. The summed E-state index contributed by atoms with van der Waals surface area (Å²) in [6, 6.07) is 1.91. The van der Waals surface area contributed by atoms with E-state index in [4.69, 9.17) is 5.73 Å². The van der Waals surface area contributed by atoms with Crippen LogP contribution in [0.4, 0.5) is 14.5 Å². The van der Waals surface area contributed by atoms with Gasteiger partial charge in [-0.25, -0.2) is 8.78 Å². The molecule has 0 bridgehead atoms. The topological polar surface area (TPSA) is 55.1 Å². The predicted octanol–water partition coefficient (Wildman–Crippen LogP) is 2.90. The number of anilines is 1. The van der Waals surface area contributed by atoms with Gasteiger partial charge in [0.1, 0.15) is 11.6 Å². The average Bonchev–Trinajstić information content (AvgIpc) is 2.26. The van der Waals surface area contributed by atoms with E-state index in [1.807, 2.05) is 13.8 Å².